The predicted molar refractivity (Wildman–Crippen MR) is 116 cm³/mol. The van der Waals surface area contributed by atoms with E-state index >= 15 is 0 Å². The summed E-state index contributed by atoms with van der Waals surface area (Å²) in [5, 5.41) is 5.62. The first-order valence-corrected chi connectivity index (χ1v) is 10.1. The van der Waals surface area contributed by atoms with Gasteiger partial charge in [-0.1, -0.05) is 43.3 Å². The highest BCUT2D eigenvalue weighted by Gasteiger charge is 2.23. The second-order valence-corrected chi connectivity index (χ2v) is 7.78. The topological polar surface area (TPSA) is 91.4 Å². The number of carbonyl (C=O) groups is 3. The summed E-state index contributed by atoms with van der Waals surface area (Å²) in [5.41, 5.74) is 0.576. The minimum absolute atomic E-state index is 0.00987. The van der Waals surface area contributed by atoms with Crippen molar-refractivity contribution < 1.29 is 14.4 Å². The Morgan fingerprint density at radius 3 is 2.30 bits per heavy atom. The Hall–Kier alpha value is -3.22. The third-order valence-corrected chi connectivity index (χ3v) is 4.76. The molecule has 0 aliphatic rings. The summed E-state index contributed by atoms with van der Waals surface area (Å²) >= 11 is 0. The van der Waals surface area contributed by atoms with Crippen LogP contribution >= 0.6 is 0 Å². The van der Waals surface area contributed by atoms with E-state index < -0.39 is 0 Å². The van der Waals surface area contributed by atoms with Crippen LogP contribution in [0.5, 0.6) is 0 Å². The van der Waals surface area contributed by atoms with Crippen LogP contribution in [0.4, 0.5) is 5.82 Å². The molecule has 0 fully saturated rings. The molecule has 2 aromatic rings. The van der Waals surface area contributed by atoms with Crippen LogP contribution in [0.3, 0.4) is 0 Å². The highest BCUT2D eigenvalue weighted by atomic mass is 16.2. The van der Waals surface area contributed by atoms with E-state index in [4.69, 9.17) is 0 Å². The van der Waals surface area contributed by atoms with Gasteiger partial charge in [-0.15, -0.1) is 0 Å². The molecule has 160 valence electrons. The van der Waals surface area contributed by atoms with Crippen molar-refractivity contribution >= 4 is 23.5 Å². The molecule has 0 radical (unpaired) electrons. The molecule has 0 atom stereocenters. The molecule has 7 heteroatoms. The van der Waals surface area contributed by atoms with Gasteiger partial charge in [0, 0.05) is 31.1 Å². The summed E-state index contributed by atoms with van der Waals surface area (Å²) in [6.07, 6.45) is 2.39. The molecule has 0 spiro atoms. The number of amides is 3. The average molecular weight is 411 g/mol. The van der Waals surface area contributed by atoms with Crippen LogP contribution in [-0.2, 0) is 20.9 Å². The predicted octanol–water partition coefficient (Wildman–Crippen LogP) is 3.13. The fourth-order valence-corrected chi connectivity index (χ4v) is 2.74. The maximum Gasteiger partial charge on any atom is 0.240 e. The zero-order chi connectivity index (χ0) is 22.0. The highest BCUT2D eigenvalue weighted by molar-refractivity contribution is 5.93. The molecule has 0 saturated heterocycles. The molecular formula is C23H30N4O3. The smallest absolute Gasteiger partial charge is 0.240 e. The summed E-state index contributed by atoms with van der Waals surface area (Å²) in [5.74, 6) is -0.320. The van der Waals surface area contributed by atoms with E-state index in [2.05, 4.69) is 15.6 Å². The van der Waals surface area contributed by atoms with Crippen molar-refractivity contribution in [3.05, 3.63) is 60.3 Å². The Morgan fingerprint density at radius 2 is 1.67 bits per heavy atom. The van der Waals surface area contributed by atoms with Crippen molar-refractivity contribution in [2.45, 2.75) is 52.1 Å². The first-order chi connectivity index (χ1) is 14.3. The molecule has 0 unspecified atom stereocenters. The fourth-order valence-electron chi connectivity index (χ4n) is 2.74. The van der Waals surface area contributed by atoms with E-state index in [-0.39, 0.29) is 42.6 Å². The number of aromatic nitrogens is 1. The monoisotopic (exact) mass is 410 g/mol. The molecule has 1 aromatic heterocycles. The lowest BCUT2D eigenvalue weighted by atomic mass is 10.0. The van der Waals surface area contributed by atoms with Crippen LogP contribution in [0, 0.1) is 0 Å². The second kappa shape index (κ2) is 11.1. The SMILES string of the molecule is CCC(C)(C)NC(=O)CN(Cc1ccccc1)C(=O)CCC(=O)Nc1ccccn1. The van der Waals surface area contributed by atoms with Gasteiger partial charge in [-0.3, -0.25) is 14.4 Å². The lowest BCUT2D eigenvalue weighted by molar-refractivity contribution is -0.138. The van der Waals surface area contributed by atoms with Crippen molar-refractivity contribution in [1.82, 2.24) is 15.2 Å². The number of nitrogens with zero attached hydrogens (tertiary/aromatic N) is 2. The van der Waals surface area contributed by atoms with Gasteiger partial charge in [-0.2, -0.15) is 0 Å². The molecule has 1 heterocycles. The summed E-state index contributed by atoms with van der Waals surface area (Å²) in [6, 6.07) is 14.7. The van der Waals surface area contributed by atoms with E-state index in [1.165, 1.54) is 4.90 Å². The van der Waals surface area contributed by atoms with Gasteiger partial charge >= 0.3 is 0 Å². The van der Waals surface area contributed by atoms with Crippen molar-refractivity contribution in [3.63, 3.8) is 0 Å². The van der Waals surface area contributed by atoms with Crippen molar-refractivity contribution in [2.24, 2.45) is 0 Å². The van der Waals surface area contributed by atoms with Gasteiger partial charge in [0.05, 0.1) is 6.54 Å². The molecule has 7 nitrogen and oxygen atoms in total. The molecule has 30 heavy (non-hydrogen) atoms. The molecule has 0 saturated carbocycles. The number of pyridine rings is 1. The zero-order valence-corrected chi connectivity index (χ0v) is 17.9. The van der Waals surface area contributed by atoms with Crippen molar-refractivity contribution in [2.75, 3.05) is 11.9 Å². The normalized spacial score (nSPS) is 10.9. The van der Waals surface area contributed by atoms with Gasteiger partial charge in [0.15, 0.2) is 0 Å². The summed E-state index contributed by atoms with van der Waals surface area (Å²) in [7, 11) is 0. The first-order valence-electron chi connectivity index (χ1n) is 10.1. The molecule has 2 rings (SSSR count). The fraction of sp³-hybridized carbons (Fsp3) is 0.391. The maximum absolute atomic E-state index is 12.8. The number of benzene rings is 1. The number of hydrogen-bond donors (Lipinski definition) is 2. The zero-order valence-electron chi connectivity index (χ0n) is 17.9. The molecule has 0 aliphatic carbocycles. The van der Waals surface area contributed by atoms with Crippen LogP contribution < -0.4 is 10.6 Å². The van der Waals surface area contributed by atoms with Gasteiger partial charge in [-0.25, -0.2) is 4.98 Å². The number of rotatable bonds is 10. The molecule has 0 bridgehead atoms. The molecule has 1 aromatic carbocycles. The van der Waals surface area contributed by atoms with E-state index in [1.54, 1.807) is 24.4 Å². The van der Waals surface area contributed by atoms with Gasteiger partial charge in [0.1, 0.15) is 5.82 Å². The van der Waals surface area contributed by atoms with E-state index in [9.17, 15) is 14.4 Å². The third kappa shape index (κ3) is 8.03. The van der Waals surface area contributed by atoms with Crippen LogP contribution in [0.2, 0.25) is 0 Å². The largest absolute Gasteiger partial charge is 0.350 e. The number of nitrogens with one attached hydrogen (secondary N) is 2. The van der Waals surface area contributed by atoms with Crippen molar-refractivity contribution in [3.8, 4) is 0 Å². The Kier molecular flexibility index (Phi) is 8.53. The minimum atomic E-state index is -0.346. The summed E-state index contributed by atoms with van der Waals surface area (Å²) in [6.45, 7) is 6.13. The van der Waals surface area contributed by atoms with E-state index in [0.29, 0.717) is 12.4 Å². The Morgan fingerprint density at radius 1 is 0.967 bits per heavy atom. The van der Waals surface area contributed by atoms with Gasteiger partial charge in [0.2, 0.25) is 17.7 Å². The van der Waals surface area contributed by atoms with Crippen LogP contribution in [-0.4, -0.2) is 39.7 Å². The van der Waals surface area contributed by atoms with Crippen LogP contribution in [0.15, 0.2) is 54.7 Å². The quantitative estimate of drug-likeness (QED) is 0.629. The van der Waals surface area contributed by atoms with Gasteiger partial charge in [0.25, 0.3) is 0 Å². The van der Waals surface area contributed by atoms with Gasteiger partial charge in [-0.05, 0) is 38.0 Å². The lowest BCUT2D eigenvalue weighted by Gasteiger charge is -2.28. The second-order valence-electron chi connectivity index (χ2n) is 7.78. The van der Waals surface area contributed by atoms with E-state index in [0.717, 1.165) is 12.0 Å². The van der Waals surface area contributed by atoms with Crippen LogP contribution in [0.25, 0.3) is 0 Å². The summed E-state index contributed by atoms with van der Waals surface area (Å²) < 4.78 is 0. The van der Waals surface area contributed by atoms with E-state index in [1.807, 2.05) is 51.1 Å². The number of anilines is 1. The molecule has 2 N–H and O–H groups in total. The van der Waals surface area contributed by atoms with Crippen LogP contribution in [0.1, 0.15) is 45.6 Å². The number of carbonyl (C=O) groups excluding carboxylic acids is 3. The molecule has 3 amide bonds. The van der Waals surface area contributed by atoms with Crippen molar-refractivity contribution in [1.29, 1.82) is 0 Å². The van der Waals surface area contributed by atoms with Gasteiger partial charge < -0.3 is 15.5 Å². The Balaban J connectivity index is 1.98. The minimum Gasteiger partial charge on any atom is -0.350 e. The number of hydrogen-bond acceptors (Lipinski definition) is 4. The summed E-state index contributed by atoms with van der Waals surface area (Å²) in [4.78, 5) is 43.0. The standard InChI is InChI=1S/C23H30N4O3/c1-4-23(2,3)26-21(29)17-27(16-18-10-6-5-7-11-18)22(30)14-13-20(28)25-19-12-8-9-15-24-19/h5-12,15H,4,13-14,16-17H2,1-3H3,(H,26,29)(H,24,25,28). The maximum atomic E-state index is 12.8. The lowest BCUT2D eigenvalue weighted by Crippen LogP contribution is -2.48. The Labute approximate surface area is 177 Å². The molecular weight excluding hydrogens is 380 g/mol. The third-order valence-electron chi connectivity index (χ3n) is 4.76. The first kappa shape index (κ1) is 23.1. The average Bonchev–Trinajstić information content (AvgIpc) is 2.72. The molecule has 0 aliphatic heterocycles. The highest BCUT2D eigenvalue weighted by Crippen LogP contribution is 2.10. The Bertz CT molecular complexity index is 838.